The number of benzene rings is 2. The van der Waals surface area contributed by atoms with Crippen LogP contribution < -0.4 is 34.8 Å². The topological polar surface area (TPSA) is 131 Å². The van der Waals surface area contributed by atoms with E-state index in [2.05, 4.69) is 20.9 Å². The van der Waals surface area contributed by atoms with Crippen LogP contribution >= 0.6 is 27.3 Å². The largest absolute Gasteiger partial charge is 0.493 e. The van der Waals surface area contributed by atoms with E-state index < -0.39 is 17.9 Å². The number of hydrogen-bond acceptors (Lipinski definition) is 9. The van der Waals surface area contributed by atoms with Crippen LogP contribution in [0.25, 0.3) is 6.08 Å². The molecule has 0 bridgehead atoms. The minimum Gasteiger partial charge on any atom is -0.493 e. The number of nitrogens with zero attached hydrogens (tertiary/aromatic N) is 2. The highest BCUT2D eigenvalue weighted by Gasteiger charge is 2.36. The molecule has 10 nitrogen and oxygen atoms in total. The van der Waals surface area contributed by atoms with Crippen LogP contribution in [0, 0.1) is 0 Å². The van der Waals surface area contributed by atoms with Gasteiger partial charge in [0, 0.05) is 5.56 Å². The molecule has 0 fully saturated rings. The summed E-state index contributed by atoms with van der Waals surface area (Å²) in [4.78, 5) is 43.4. The minimum absolute atomic E-state index is 0.165. The third kappa shape index (κ3) is 6.38. The number of ether oxygens (including phenoxy) is 4. The number of nitrogens with two attached hydrogens (primary N) is 1. The van der Waals surface area contributed by atoms with Crippen molar-refractivity contribution < 1.29 is 28.5 Å². The van der Waals surface area contributed by atoms with Gasteiger partial charge in [-0.25, -0.2) is 9.79 Å². The van der Waals surface area contributed by atoms with Crippen LogP contribution in [-0.2, 0) is 14.3 Å². The standard InChI is InChI=1S/C29H30BrN3O7S/c1-5-12-39-26-18(8-7-9-21(26)37-4)25-24(28(36)38-6-2)16(3)32-29-33(25)27(35)22(41-29)14-17-10-11-20(19(30)13-17)40-15-23(31)34/h7-11,13-14,25H,5-6,12,15H2,1-4H3,(H2,31,34)/b22-14+. The number of allylic oxidation sites excluding steroid dienone is 1. The highest BCUT2D eigenvalue weighted by molar-refractivity contribution is 9.10. The van der Waals surface area contributed by atoms with Crippen LogP contribution in [-0.4, -0.2) is 43.4 Å². The van der Waals surface area contributed by atoms with E-state index in [1.807, 2.05) is 13.0 Å². The zero-order chi connectivity index (χ0) is 29.7. The van der Waals surface area contributed by atoms with Gasteiger partial charge in [-0.1, -0.05) is 36.5 Å². The van der Waals surface area contributed by atoms with Crippen molar-refractivity contribution in [2.24, 2.45) is 10.7 Å². The minimum atomic E-state index is -0.856. The fourth-order valence-electron chi connectivity index (χ4n) is 4.38. The molecule has 1 amide bonds. The summed E-state index contributed by atoms with van der Waals surface area (Å²) in [5.41, 5.74) is 6.83. The Hall–Kier alpha value is -3.90. The Kier molecular flexibility index (Phi) is 9.66. The summed E-state index contributed by atoms with van der Waals surface area (Å²) in [5, 5.41) is 0. The summed E-state index contributed by atoms with van der Waals surface area (Å²) in [5.74, 6) is 0.221. The van der Waals surface area contributed by atoms with E-state index in [0.717, 1.165) is 6.42 Å². The molecule has 0 saturated carbocycles. The second-order valence-electron chi connectivity index (χ2n) is 8.97. The van der Waals surface area contributed by atoms with Gasteiger partial charge in [0.1, 0.15) is 11.8 Å². The molecule has 0 radical (unpaired) electrons. The van der Waals surface area contributed by atoms with Gasteiger partial charge in [-0.2, -0.15) is 0 Å². The second-order valence-corrected chi connectivity index (χ2v) is 10.8. The molecule has 216 valence electrons. The van der Waals surface area contributed by atoms with Crippen molar-refractivity contribution in [2.75, 3.05) is 26.9 Å². The molecule has 2 aromatic carbocycles. The Morgan fingerprint density at radius 3 is 2.61 bits per heavy atom. The number of aromatic nitrogens is 1. The molecule has 1 aliphatic heterocycles. The lowest BCUT2D eigenvalue weighted by atomic mass is 9.94. The average Bonchev–Trinajstić information content (AvgIpc) is 3.24. The SMILES string of the molecule is CCCOc1c(OC)cccc1C1C(C(=O)OCC)=C(C)N=c2s/c(=C/c3ccc(OCC(N)=O)c(Br)c3)c(=O)n21. The number of fused-ring (bicyclic) bond motifs is 1. The van der Waals surface area contributed by atoms with Gasteiger partial charge in [0.05, 0.1) is 40.6 Å². The van der Waals surface area contributed by atoms with Gasteiger partial charge in [0.2, 0.25) is 0 Å². The van der Waals surface area contributed by atoms with E-state index in [1.165, 1.54) is 15.9 Å². The summed E-state index contributed by atoms with van der Waals surface area (Å²) < 4.78 is 25.0. The van der Waals surface area contributed by atoms with Crippen LogP contribution in [0.3, 0.4) is 0 Å². The smallest absolute Gasteiger partial charge is 0.338 e. The quantitative estimate of drug-likeness (QED) is 0.317. The number of carbonyl (C=O) groups excluding carboxylic acids is 2. The number of methoxy groups -OCH3 is 1. The van der Waals surface area contributed by atoms with E-state index in [1.54, 1.807) is 57.4 Å². The van der Waals surface area contributed by atoms with Crippen molar-refractivity contribution in [3.05, 3.63) is 83.0 Å². The lowest BCUT2D eigenvalue weighted by Gasteiger charge is -2.27. The van der Waals surface area contributed by atoms with Crippen molar-refractivity contribution in [3.63, 3.8) is 0 Å². The van der Waals surface area contributed by atoms with E-state index >= 15 is 0 Å². The zero-order valence-electron chi connectivity index (χ0n) is 23.1. The number of carbonyl (C=O) groups is 2. The van der Waals surface area contributed by atoms with Gasteiger partial charge >= 0.3 is 5.97 Å². The van der Waals surface area contributed by atoms with Crippen molar-refractivity contribution in [3.8, 4) is 17.2 Å². The summed E-state index contributed by atoms with van der Waals surface area (Å²) in [6.45, 7) is 5.76. The molecule has 41 heavy (non-hydrogen) atoms. The first-order valence-electron chi connectivity index (χ1n) is 12.9. The maximum atomic E-state index is 14.0. The highest BCUT2D eigenvalue weighted by Crippen LogP contribution is 2.41. The fourth-order valence-corrected chi connectivity index (χ4v) is 5.93. The van der Waals surface area contributed by atoms with Crippen molar-refractivity contribution in [1.82, 2.24) is 4.57 Å². The molecule has 12 heteroatoms. The van der Waals surface area contributed by atoms with Crippen molar-refractivity contribution >= 4 is 45.2 Å². The van der Waals surface area contributed by atoms with E-state index in [0.29, 0.717) is 54.5 Å². The second kappa shape index (κ2) is 13.2. The Labute approximate surface area is 248 Å². The summed E-state index contributed by atoms with van der Waals surface area (Å²) >= 11 is 4.64. The molecule has 4 rings (SSSR count). The molecule has 0 spiro atoms. The first-order valence-corrected chi connectivity index (χ1v) is 14.5. The molecule has 1 aliphatic rings. The number of hydrogen-bond donors (Lipinski definition) is 1. The van der Waals surface area contributed by atoms with Crippen LogP contribution in [0.4, 0.5) is 0 Å². The normalized spacial score (nSPS) is 14.8. The number of amides is 1. The number of primary amides is 1. The van der Waals surface area contributed by atoms with E-state index in [-0.39, 0.29) is 24.3 Å². The molecule has 3 aromatic rings. The Morgan fingerprint density at radius 1 is 1.17 bits per heavy atom. The summed E-state index contributed by atoms with van der Waals surface area (Å²) in [6.07, 6.45) is 2.48. The number of rotatable bonds is 11. The third-order valence-corrected chi connectivity index (χ3v) is 7.72. The lowest BCUT2D eigenvalue weighted by molar-refractivity contribution is -0.139. The van der Waals surface area contributed by atoms with Gasteiger partial charge in [-0.3, -0.25) is 14.2 Å². The highest BCUT2D eigenvalue weighted by atomic mass is 79.9. The van der Waals surface area contributed by atoms with Crippen molar-refractivity contribution in [2.45, 2.75) is 33.2 Å². The van der Waals surface area contributed by atoms with Gasteiger partial charge < -0.3 is 24.7 Å². The van der Waals surface area contributed by atoms with E-state index in [4.69, 9.17) is 24.7 Å². The Bertz CT molecular complexity index is 1690. The maximum absolute atomic E-state index is 14.0. The predicted molar refractivity (Wildman–Crippen MR) is 158 cm³/mol. The van der Waals surface area contributed by atoms with Gasteiger partial charge in [-0.15, -0.1) is 0 Å². The average molecular weight is 645 g/mol. The first-order chi connectivity index (χ1) is 19.7. The number of para-hydroxylation sites is 1. The molecule has 0 aliphatic carbocycles. The molecule has 1 unspecified atom stereocenters. The predicted octanol–water partition coefficient (Wildman–Crippen LogP) is 3.22. The molecular weight excluding hydrogens is 614 g/mol. The first kappa shape index (κ1) is 30.1. The third-order valence-electron chi connectivity index (χ3n) is 6.12. The number of halogens is 1. The molecule has 1 atom stereocenters. The molecule has 2 N–H and O–H groups in total. The monoisotopic (exact) mass is 643 g/mol. The lowest BCUT2D eigenvalue weighted by Crippen LogP contribution is -2.40. The molecule has 1 aromatic heterocycles. The molecular formula is C29H30BrN3O7S. The maximum Gasteiger partial charge on any atom is 0.338 e. The van der Waals surface area contributed by atoms with Gasteiger partial charge in [0.25, 0.3) is 11.5 Å². The van der Waals surface area contributed by atoms with Crippen LogP contribution in [0.15, 0.2) is 61.9 Å². The number of esters is 1. The summed E-state index contributed by atoms with van der Waals surface area (Å²) in [6, 6.07) is 9.72. The van der Waals surface area contributed by atoms with Gasteiger partial charge in [-0.05, 0) is 66.0 Å². The Balaban J connectivity index is 1.91. The Morgan fingerprint density at radius 2 is 1.95 bits per heavy atom. The zero-order valence-corrected chi connectivity index (χ0v) is 25.5. The fraction of sp³-hybridized carbons (Fsp3) is 0.310. The molecule has 2 heterocycles. The van der Waals surface area contributed by atoms with Crippen LogP contribution in [0.1, 0.15) is 44.4 Å². The van der Waals surface area contributed by atoms with Gasteiger partial charge in [0.15, 0.2) is 22.9 Å². The number of thiazole rings is 1. The van der Waals surface area contributed by atoms with Crippen molar-refractivity contribution in [1.29, 1.82) is 0 Å². The molecule has 0 saturated heterocycles. The summed E-state index contributed by atoms with van der Waals surface area (Å²) in [7, 11) is 1.54. The van der Waals surface area contributed by atoms with E-state index in [9.17, 15) is 14.4 Å². The van der Waals surface area contributed by atoms with Crippen LogP contribution in [0.5, 0.6) is 17.2 Å². The van der Waals surface area contributed by atoms with Crippen LogP contribution in [0.2, 0.25) is 0 Å².